The van der Waals surface area contributed by atoms with Crippen molar-refractivity contribution in [2.45, 2.75) is 25.8 Å². The Morgan fingerprint density at radius 3 is 2.54 bits per heavy atom. The van der Waals surface area contributed by atoms with Gasteiger partial charge >= 0.3 is 0 Å². The van der Waals surface area contributed by atoms with E-state index in [0.29, 0.717) is 37.4 Å². The average Bonchev–Trinajstić information content (AvgIpc) is 2.93. The summed E-state index contributed by atoms with van der Waals surface area (Å²) in [5, 5.41) is 33.1. The molecule has 3 unspecified atom stereocenters. The van der Waals surface area contributed by atoms with Gasteiger partial charge < -0.3 is 30.5 Å². The summed E-state index contributed by atoms with van der Waals surface area (Å²) in [6, 6.07) is 9.24. The van der Waals surface area contributed by atoms with Crippen molar-refractivity contribution < 1.29 is 39.2 Å². The molecule has 3 atom stereocenters. The molecule has 0 spiro atoms. The number of primary amides is 1. The lowest BCUT2D eigenvalue weighted by atomic mass is 9.61. The molecule has 4 aliphatic rings. The van der Waals surface area contributed by atoms with Crippen LogP contribution in [0.4, 0.5) is 0 Å². The first-order valence-electron chi connectivity index (χ1n) is 13.8. The van der Waals surface area contributed by atoms with Gasteiger partial charge in [0.25, 0.3) is 5.91 Å². The lowest BCUT2D eigenvalue weighted by Crippen LogP contribution is -2.44. The molecule has 6 rings (SSSR count). The highest BCUT2D eigenvalue weighted by molar-refractivity contribution is 6.21. The topological polar surface area (TPSA) is 160 Å². The Balaban J connectivity index is 1.44. The van der Waals surface area contributed by atoms with Gasteiger partial charge in [-0.05, 0) is 59.6 Å². The van der Waals surface area contributed by atoms with Crippen molar-refractivity contribution in [3.63, 3.8) is 0 Å². The standard InChI is InChI=1S/C31H32N2O8/c1-40-23-5-2-15(14-33-6-8-41-9-7-33)10-19(23)18-3-4-21(34)26-20(18)12-16-11-17-13-22(35)27(31(32)39)30(38)25(17)28(36)24(16)29(26)37/h2-5,10,16-17,25,34,37-38H,6-9,11-14H2,1H3,(H2,32,39). The van der Waals surface area contributed by atoms with Crippen molar-refractivity contribution in [2.24, 2.45) is 23.5 Å². The number of methoxy groups -OCH3 is 1. The number of phenolic OH excluding ortho intramolecular Hbond substituents is 1. The van der Waals surface area contributed by atoms with Gasteiger partial charge in [-0.3, -0.25) is 19.3 Å². The summed E-state index contributed by atoms with van der Waals surface area (Å²) in [7, 11) is 1.59. The molecule has 214 valence electrons. The zero-order valence-corrected chi connectivity index (χ0v) is 22.7. The number of carbonyl (C=O) groups excluding carboxylic acids is 3. The lowest BCUT2D eigenvalue weighted by molar-refractivity contribution is -0.127. The first-order valence-corrected chi connectivity index (χ1v) is 13.8. The van der Waals surface area contributed by atoms with Gasteiger partial charge in [-0.25, -0.2) is 0 Å². The number of hydrogen-bond donors (Lipinski definition) is 4. The van der Waals surface area contributed by atoms with Crippen molar-refractivity contribution in [3.8, 4) is 22.6 Å². The highest BCUT2D eigenvalue weighted by atomic mass is 16.5. The number of Topliss-reactive ketones (excluding diaryl/α,β-unsaturated/α-hetero) is 2. The number of phenols is 1. The number of carbonyl (C=O) groups is 3. The number of aliphatic hydroxyl groups is 2. The highest BCUT2D eigenvalue weighted by Gasteiger charge is 2.51. The van der Waals surface area contributed by atoms with E-state index >= 15 is 0 Å². The molecule has 1 heterocycles. The predicted molar refractivity (Wildman–Crippen MR) is 148 cm³/mol. The third-order valence-corrected chi connectivity index (χ3v) is 8.84. The maximum atomic E-state index is 13.7. The molecule has 1 aliphatic heterocycles. The molecule has 10 heteroatoms. The molecule has 41 heavy (non-hydrogen) atoms. The van der Waals surface area contributed by atoms with E-state index in [2.05, 4.69) is 4.90 Å². The number of hydrogen-bond acceptors (Lipinski definition) is 9. The minimum atomic E-state index is -1.15. The van der Waals surface area contributed by atoms with Crippen LogP contribution in [0.1, 0.15) is 29.5 Å². The number of benzene rings is 2. The van der Waals surface area contributed by atoms with Gasteiger partial charge in [-0.1, -0.05) is 12.1 Å². The summed E-state index contributed by atoms with van der Waals surface area (Å²) in [5.74, 6) is -4.89. The minimum absolute atomic E-state index is 0.0870. The molecular weight excluding hydrogens is 528 g/mol. The van der Waals surface area contributed by atoms with Crippen LogP contribution in [0.3, 0.4) is 0 Å². The first kappa shape index (κ1) is 27.0. The monoisotopic (exact) mass is 560 g/mol. The normalized spacial score (nSPS) is 24.6. The molecule has 2 aromatic carbocycles. The van der Waals surface area contributed by atoms with Gasteiger partial charge in [0, 0.05) is 37.2 Å². The van der Waals surface area contributed by atoms with E-state index in [0.717, 1.165) is 36.3 Å². The Hall–Kier alpha value is -4.15. The maximum Gasteiger partial charge on any atom is 0.255 e. The van der Waals surface area contributed by atoms with E-state index in [1.807, 2.05) is 18.2 Å². The van der Waals surface area contributed by atoms with Crippen LogP contribution in [0.15, 0.2) is 47.2 Å². The number of nitrogens with zero attached hydrogens (tertiary/aromatic N) is 1. The third kappa shape index (κ3) is 4.47. The SMILES string of the molecule is COc1ccc(CN2CCOCC2)cc1-c1ccc(O)c2c1CC1CC3CC(=O)C(C(N)=O)=C(O)C3C(=O)C1=C2O. The molecule has 0 aromatic heterocycles. The fourth-order valence-electron chi connectivity index (χ4n) is 6.97. The van der Waals surface area contributed by atoms with Crippen molar-refractivity contribution in [1.29, 1.82) is 0 Å². The molecule has 3 aliphatic carbocycles. The van der Waals surface area contributed by atoms with E-state index in [9.17, 15) is 29.7 Å². The Labute approximate surface area is 236 Å². The number of aliphatic hydroxyl groups excluding tert-OH is 2. The molecule has 2 fully saturated rings. The van der Waals surface area contributed by atoms with Crippen molar-refractivity contribution in [1.82, 2.24) is 4.90 Å². The Kier molecular flexibility index (Phi) is 6.83. The van der Waals surface area contributed by atoms with Crippen LogP contribution in [0.5, 0.6) is 11.5 Å². The number of nitrogens with two attached hydrogens (primary N) is 1. The average molecular weight is 561 g/mol. The lowest BCUT2D eigenvalue weighted by Gasteiger charge is -2.41. The second kappa shape index (κ2) is 10.4. The molecule has 5 N–H and O–H groups in total. The van der Waals surface area contributed by atoms with Gasteiger partial charge in [0.05, 0.1) is 31.8 Å². The number of ketones is 2. The number of morpholine rings is 1. The Morgan fingerprint density at radius 1 is 1.07 bits per heavy atom. The van der Waals surface area contributed by atoms with Gasteiger partial charge in [0.2, 0.25) is 0 Å². The van der Waals surface area contributed by atoms with Crippen molar-refractivity contribution in [3.05, 3.63) is 63.9 Å². The van der Waals surface area contributed by atoms with Crippen molar-refractivity contribution >= 4 is 23.2 Å². The largest absolute Gasteiger partial charge is 0.511 e. The number of ether oxygens (including phenoxy) is 2. The number of aromatic hydroxyl groups is 1. The summed E-state index contributed by atoms with van der Waals surface area (Å²) in [4.78, 5) is 40.5. The van der Waals surface area contributed by atoms with Gasteiger partial charge in [0.15, 0.2) is 11.6 Å². The molecule has 2 aromatic rings. The zero-order valence-electron chi connectivity index (χ0n) is 22.7. The maximum absolute atomic E-state index is 13.7. The smallest absolute Gasteiger partial charge is 0.255 e. The fraction of sp³-hybridized carbons (Fsp3) is 0.387. The summed E-state index contributed by atoms with van der Waals surface area (Å²) in [6.45, 7) is 3.78. The van der Waals surface area contributed by atoms with Crippen LogP contribution in [-0.4, -0.2) is 71.1 Å². The van der Waals surface area contributed by atoms with Gasteiger partial charge in [0.1, 0.15) is 28.6 Å². The summed E-state index contributed by atoms with van der Waals surface area (Å²) >= 11 is 0. The number of rotatable bonds is 5. The van der Waals surface area contributed by atoms with Crippen molar-refractivity contribution in [2.75, 3.05) is 33.4 Å². The number of fused-ring (bicyclic) bond motifs is 3. The quantitative estimate of drug-likeness (QED) is 0.403. The van der Waals surface area contributed by atoms with E-state index in [4.69, 9.17) is 15.2 Å². The van der Waals surface area contributed by atoms with E-state index in [-0.39, 0.29) is 29.1 Å². The van der Waals surface area contributed by atoms with Crippen LogP contribution in [0.2, 0.25) is 0 Å². The van der Waals surface area contributed by atoms with Gasteiger partial charge in [-0.2, -0.15) is 0 Å². The van der Waals surface area contributed by atoms with Crippen LogP contribution < -0.4 is 10.5 Å². The second-order valence-corrected chi connectivity index (χ2v) is 11.2. The molecule has 1 saturated heterocycles. The van der Waals surface area contributed by atoms with E-state index < -0.39 is 46.6 Å². The first-order chi connectivity index (χ1) is 19.7. The Morgan fingerprint density at radius 2 is 1.83 bits per heavy atom. The molecule has 10 nitrogen and oxygen atoms in total. The van der Waals surface area contributed by atoms with E-state index in [1.165, 1.54) is 6.07 Å². The molecule has 1 amide bonds. The van der Waals surface area contributed by atoms with Crippen LogP contribution in [0, 0.1) is 17.8 Å². The molecule has 1 saturated carbocycles. The summed E-state index contributed by atoms with van der Waals surface area (Å²) < 4.78 is 11.2. The Bertz CT molecular complexity index is 1530. The minimum Gasteiger partial charge on any atom is -0.511 e. The summed E-state index contributed by atoms with van der Waals surface area (Å²) in [6.07, 6.45) is 0.562. The van der Waals surface area contributed by atoms with Gasteiger partial charge in [-0.15, -0.1) is 0 Å². The predicted octanol–water partition coefficient (Wildman–Crippen LogP) is 2.82. The third-order valence-electron chi connectivity index (χ3n) is 8.84. The highest BCUT2D eigenvalue weighted by Crippen LogP contribution is 2.52. The molecular formula is C31H32N2O8. The number of amides is 1. The summed E-state index contributed by atoms with van der Waals surface area (Å²) in [5.41, 5.74) is 8.31. The number of allylic oxidation sites excluding steroid dienone is 2. The zero-order chi connectivity index (χ0) is 29.0. The second-order valence-electron chi connectivity index (χ2n) is 11.2. The van der Waals surface area contributed by atoms with Crippen LogP contribution in [0.25, 0.3) is 16.9 Å². The van der Waals surface area contributed by atoms with Crippen LogP contribution >= 0.6 is 0 Å². The molecule has 0 bridgehead atoms. The van der Waals surface area contributed by atoms with E-state index in [1.54, 1.807) is 13.2 Å². The molecule has 0 radical (unpaired) electrons. The van der Waals surface area contributed by atoms with Crippen LogP contribution in [-0.2, 0) is 32.1 Å². The fourth-order valence-corrected chi connectivity index (χ4v) is 6.97.